The van der Waals surface area contributed by atoms with Crippen molar-refractivity contribution in [2.24, 2.45) is 4.99 Å². The Morgan fingerprint density at radius 1 is 0.885 bits per heavy atom. The molecule has 1 aromatic heterocycles. The largest absolute Gasteiger partial charge is 0.456 e. The van der Waals surface area contributed by atoms with Crippen LogP contribution >= 0.6 is 11.6 Å². The van der Waals surface area contributed by atoms with Gasteiger partial charge in [0, 0.05) is 17.0 Å². The molecule has 0 saturated heterocycles. The van der Waals surface area contributed by atoms with Gasteiger partial charge in [0.25, 0.3) is 0 Å². The lowest BCUT2D eigenvalue weighted by Gasteiger charge is -2.07. The highest BCUT2D eigenvalue weighted by atomic mass is 35.5. The van der Waals surface area contributed by atoms with Gasteiger partial charge in [-0.05, 0) is 36.8 Å². The highest BCUT2D eigenvalue weighted by Crippen LogP contribution is 2.28. The topological polar surface area (TPSA) is 25.5 Å². The molecule has 4 rings (SSSR count). The summed E-state index contributed by atoms with van der Waals surface area (Å²) in [5.74, 6) is 0.721. The van der Waals surface area contributed by atoms with Crippen LogP contribution in [0.4, 0.5) is 0 Å². The summed E-state index contributed by atoms with van der Waals surface area (Å²) in [7, 11) is 0. The SMILES string of the molecule is Cc1ccc2oc(-c3ccccc3Cl)cc(=NCc3ccccc3)c2c1. The lowest BCUT2D eigenvalue weighted by molar-refractivity contribution is 0.618. The summed E-state index contributed by atoms with van der Waals surface area (Å²) in [6, 6.07) is 26.1. The maximum Gasteiger partial charge on any atom is 0.138 e. The van der Waals surface area contributed by atoms with Crippen LogP contribution in [0.25, 0.3) is 22.3 Å². The van der Waals surface area contributed by atoms with E-state index >= 15 is 0 Å². The minimum absolute atomic E-state index is 0.621. The molecule has 128 valence electrons. The average molecular weight is 360 g/mol. The van der Waals surface area contributed by atoms with Crippen molar-refractivity contribution in [3.63, 3.8) is 0 Å². The van der Waals surface area contributed by atoms with Crippen molar-refractivity contribution in [2.75, 3.05) is 0 Å². The zero-order valence-corrected chi connectivity index (χ0v) is 15.2. The van der Waals surface area contributed by atoms with Gasteiger partial charge in [-0.15, -0.1) is 0 Å². The Bertz CT molecular complexity index is 1130. The van der Waals surface area contributed by atoms with Gasteiger partial charge >= 0.3 is 0 Å². The van der Waals surface area contributed by atoms with Crippen LogP contribution in [-0.2, 0) is 6.54 Å². The van der Waals surface area contributed by atoms with Crippen molar-refractivity contribution in [1.29, 1.82) is 0 Å². The molecule has 0 radical (unpaired) electrons. The summed E-state index contributed by atoms with van der Waals surface area (Å²) in [5, 5.41) is 2.59. The molecule has 26 heavy (non-hydrogen) atoms. The molecule has 0 N–H and O–H groups in total. The first kappa shape index (κ1) is 16.6. The van der Waals surface area contributed by atoms with Crippen molar-refractivity contribution in [3.8, 4) is 11.3 Å². The zero-order valence-electron chi connectivity index (χ0n) is 14.4. The monoisotopic (exact) mass is 359 g/mol. The third kappa shape index (κ3) is 3.42. The van der Waals surface area contributed by atoms with Gasteiger partial charge in [-0.3, -0.25) is 4.99 Å². The molecule has 0 spiro atoms. The highest BCUT2D eigenvalue weighted by Gasteiger charge is 2.09. The molecule has 0 aliphatic rings. The van der Waals surface area contributed by atoms with Crippen LogP contribution in [0.3, 0.4) is 0 Å². The van der Waals surface area contributed by atoms with Crippen LogP contribution < -0.4 is 5.36 Å². The van der Waals surface area contributed by atoms with Crippen LogP contribution in [-0.4, -0.2) is 0 Å². The molecule has 3 heteroatoms. The Morgan fingerprint density at radius 2 is 1.65 bits per heavy atom. The summed E-state index contributed by atoms with van der Waals surface area (Å²) in [6.45, 7) is 2.69. The van der Waals surface area contributed by atoms with Crippen LogP contribution in [0, 0.1) is 6.92 Å². The molecule has 0 fully saturated rings. The van der Waals surface area contributed by atoms with E-state index < -0.39 is 0 Å². The molecule has 0 aliphatic carbocycles. The van der Waals surface area contributed by atoms with Gasteiger partial charge < -0.3 is 4.42 Å². The summed E-state index contributed by atoms with van der Waals surface area (Å²) in [6.07, 6.45) is 0. The van der Waals surface area contributed by atoms with E-state index in [2.05, 4.69) is 25.1 Å². The number of nitrogens with zero attached hydrogens (tertiary/aromatic N) is 1. The first-order chi connectivity index (χ1) is 12.7. The van der Waals surface area contributed by atoms with E-state index in [4.69, 9.17) is 21.0 Å². The van der Waals surface area contributed by atoms with Gasteiger partial charge in [-0.2, -0.15) is 0 Å². The first-order valence-electron chi connectivity index (χ1n) is 8.54. The molecule has 0 saturated carbocycles. The zero-order chi connectivity index (χ0) is 17.9. The van der Waals surface area contributed by atoms with Crippen molar-refractivity contribution in [2.45, 2.75) is 13.5 Å². The van der Waals surface area contributed by atoms with Crippen molar-refractivity contribution < 1.29 is 4.42 Å². The Kier molecular flexibility index (Phi) is 4.59. The normalized spacial score (nSPS) is 11.8. The third-order valence-electron chi connectivity index (χ3n) is 4.31. The molecular weight excluding hydrogens is 342 g/mol. The second-order valence-corrected chi connectivity index (χ2v) is 6.68. The Labute approximate surface area is 157 Å². The van der Waals surface area contributed by atoms with Crippen LogP contribution in [0.5, 0.6) is 0 Å². The molecule has 0 amide bonds. The molecule has 4 aromatic rings. The van der Waals surface area contributed by atoms with E-state index in [1.165, 1.54) is 11.1 Å². The molecule has 3 aromatic carbocycles. The van der Waals surface area contributed by atoms with Crippen molar-refractivity contribution >= 4 is 22.6 Å². The fourth-order valence-corrected chi connectivity index (χ4v) is 3.20. The predicted molar refractivity (Wildman–Crippen MR) is 107 cm³/mol. The number of rotatable bonds is 3. The molecule has 2 nitrogen and oxygen atoms in total. The number of fused-ring (bicyclic) bond motifs is 1. The van der Waals surface area contributed by atoms with Gasteiger partial charge in [0.05, 0.1) is 16.9 Å². The van der Waals surface area contributed by atoms with E-state index in [1.54, 1.807) is 0 Å². The van der Waals surface area contributed by atoms with Crippen LogP contribution in [0.15, 0.2) is 88.3 Å². The summed E-state index contributed by atoms with van der Waals surface area (Å²) >= 11 is 6.37. The van der Waals surface area contributed by atoms with Crippen LogP contribution in [0.2, 0.25) is 5.02 Å². The van der Waals surface area contributed by atoms with Gasteiger partial charge in [-0.1, -0.05) is 65.7 Å². The smallest absolute Gasteiger partial charge is 0.138 e. The second kappa shape index (κ2) is 7.19. The summed E-state index contributed by atoms with van der Waals surface area (Å²) in [5.41, 5.74) is 4.02. The molecule has 0 aliphatic heterocycles. The Morgan fingerprint density at radius 3 is 2.46 bits per heavy atom. The van der Waals surface area contributed by atoms with E-state index in [0.29, 0.717) is 11.6 Å². The number of halogens is 1. The predicted octanol–water partition coefficient (Wildman–Crippen LogP) is 6.16. The number of hydrogen-bond acceptors (Lipinski definition) is 2. The quantitative estimate of drug-likeness (QED) is 0.430. The van der Waals surface area contributed by atoms with E-state index in [-0.39, 0.29) is 0 Å². The molecule has 0 bridgehead atoms. The molecule has 0 unspecified atom stereocenters. The fourth-order valence-electron chi connectivity index (χ4n) is 2.97. The molecular formula is C23H18ClNO. The van der Waals surface area contributed by atoms with Crippen LogP contribution in [0.1, 0.15) is 11.1 Å². The van der Waals surface area contributed by atoms with E-state index in [9.17, 15) is 0 Å². The Hall–Kier alpha value is -2.84. The number of benzene rings is 3. The minimum atomic E-state index is 0.621. The number of aryl methyl sites for hydroxylation is 1. The van der Waals surface area contributed by atoms with E-state index in [1.807, 2.05) is 60.7 Å². The third-order valence-corrected chi connectivity index (χ3v) is 4.64. The standard InChI is InChI=1S/C23H18ClNO/c1-16-11-12-22-19(13-16)21(25-15-17-7-3-2-4-8-17)14-23(26-22)18-9-5-6-10-20(18)24/h2-14H,15H2,1H3. The maximum absolute atomic E-state index is 6.37. The maximum atomic E-state index is 6.37. The van der Waals surface area contributed by atoms with E-state index in [0.717, 1.165) is 27.7 Å². The minimum Gasteiger partial charge on any atom is -0.456 e. The number of hydrogen-bond donors (Lipinski definition) is 0. The fraction of sp³-hybridized carbons (Fsp3) is 0.0870. The lowest BCUT2D eigenvalue weighted by Crippen LogP contribution is -2.05. The van der Waals surface area contributed by atoms with Crippen molar-refractivity contribution in [3.05, 3.63) is 100 Å². The lowest BCUT2D eigenvalue weighted by atomic mass is 10.1. The second-order valence-electron chi connectivity index (χ2n) is 6.28. The average Bonchev–Trinajstić information content (AvgIpc) is 2.67. The summed E-state index contributed by atoms with van der Waals surface area (Å²) < 4.78 is 6.13. The summed E-state index contributed by atoms with van der Waals surface area (Å²) in [4.78, 5) is 4.86. The Balaban J connectivity index is 1.91. The first-order valence-corrected chi connectivity index (χ1v) is 8.92. The molecule has 0 atom stereocenters. The van der Waals surface area contributed by atoms with Gasteiger partial charge in [-0.25, -0.2) is 0 Å². The van der Waals surface area contributed by atoms with Crippen molar-refractivity contribution in [1.82, 2.24) is 0 Å². The van der Waals surface area contributed by atoms with Gasteiger partial charge in [0.1, 0.15) is 11.3 Å². The molecule has 1 heterocycles. The van der Waals surface area contributed by atoms with Gasteiger partial charge in [0.15, 0.2) is 0 Å². The van der Waals surface area contributed by atoms with Gasteiger partial charge in [0.2, 0.25) is 0 Å². The highest BCUT2D eigenvalue weighted by molar-refractivity contribution is 6.33.